The van der Waals surface area contributed by atoms with Gasteiger partial charge in [0.1, 0.15) is 11.5 Å². The zero-order chi connectivity index (χ0) is 11.3. The van der Waals surface area contributed by atoms with Gasteiger partial charge in [0.15, 0.2) is 0 Å². The molecule has 4 heteroatoms. The van der Waals surface area contributed by atoms with Gasteiger partial charge in [-0.25, -0.2) is 0 Å². The predicted octanol–water partition coefficient (Wildman–Crippen LogP) is 2.79. The quantitative estimate of drug-likeness (QED) is 0.782. The Bertz CT molecular complexity index is 342. The maximum absolute atomic E-state index is 9.71. The van der Waals surface area contributed by atoms with E-state index in [1.807, 2.05) is 6.08 Å². The Morgan fingerprint density at radius 3 is 2.81 bits per heavy atom. The second kappa shape index (κ2) is 7.14. The summed E-state index contributed by atoms with van der Waals surface area (Å²) in [6.07, 6.45) is 3.38. The number of ether oxygens (including phenoxy) is 1. The molecule has 0 saturated heterocycles. The van der Waals surface area contributed by atoms with Gasteiger partial charge in [0.05, 0.1) is 12.7 Å². The largest absolute Gasteiger partial charge is 0.507 e. The third-order valence-electron chi connectivity index (χ3n) is 2.32. The van der Waals surface area contributed by atoms with E-state index >= 15 is 0 Å². The van der Waals surface area contributed by atoms with E-state index in [4.69, 9.17) is 10.5 Å². The molecule has 0 heterocycles. The van der Waals surface area contributed by atoms with Crippen molar-refractivity contribution in [2.45, 2.75) is 18.9 Å². The Morgan fingerprint density at radius 1 is 1.56 bits per heavy atom. The third-order valence-corrected chi connectivity index (χ3v) is 2.32. The van der Waals surface area contributed by atoms with E-state index < -0.39 is 0 Å². The number of aromatic hydroxyl groups is 1. The van der Waals surface area contributed by atoms with Crippen molar-refractivity contribution in [3.8, 4) is 11.5 Å². The summed E-state index contributed by atoms with van der Waals surface area (Å²) in [5, 5.41) is 9.71. The van der Waals surface area contributed by atoms with E-state index in [1.54, 1.807) is 25.3 Å². The summed E-state index contributed by atoms with van der Waals surface area (Å²) in [7, 11) is 1.57. The number of halogens is 1. The molecule has 3 N–H and O–H groups in total. The summed E-state index contributed by atoms with van der Waals surface area (Å²) in [4.78, 5) is 0. The van der Waals surface area contributed by atoms with E-state index in [2.05, 4.69) is 6.58 Å². The molecule has 0 saturated carbocycles. The van der Waals surface area contributed by atoms with Crippen LogP contribution in [0.5, 0.6) is 11.5 Å². The lowest BCUT2D eigenvalue weighted by Crippen LogP contribution is -2.11. The van der Waals surface area contributed by atoms with Gasteiger partial charge < -0.3 is 15.6 Å². The van der Waals surface area contributed by atoms with E-state index in [1.165, 1.54) is 0 Å². The van der Waals surface area contributed by atoms with Crippen molar-refractivity contribution in [1.82, 2.24) is 0 Å². The van der Waals surface area contributed by atoms with E-state index in [0.717, 1.165) is 12.8 Å². The van der Waals surface area contributed by atoms with Crippen LogP contribution in [0.1, 0.15) is 24.4 Å². The minimum Gasteiger partial charge on any atom is -0.507 e. The molecule has 1 atom stereocenters. The van der Waals surface area contributed by atoms with Crippen LogP contribution in [0.4, 0.5) is 0 Å². The first kappa shape index (κ1) is 14.8. The first-order chi connectivity index (χ1) is 7.20. The Morgan fingerprint density at radius 2 is 2.25 bits per heavy atom. The normalized spacial score (nSPS) is 11.4. The molecule has 16 heavy (non-hydrogen) atoms. The van der Waals surface area contributed by atoms with Crippen LogP contribution in [0, 0.1) is 0 Å². The fourth-order valence-corrected chi connectivity index (χ4v) is 1.52. The monoisotopic (exact) mass is 243 g/mol. The SMILES string of the molecule is C=CCC[C@H](N)c1c(O)cccc1OC.Cl. The molecule has 1 aromatic rings. The average molecular weight is 244 g/mol. The molecule has 90 valence electrons. The number of methoxy groups -OCH3 is 1. The lowest BCUT2D eigenvalue weighted by atomic mass is 10.0. The number of phenolic OH excluding ortho intramolecular Hbond substituents is 1. The van der Waals surface area contributed by atoms with Crippen LogP contribution in [-0.2, 0) is 0 Å². The van der Waals surface area contributed by atoms with Crippen LogP contribution in [0.3, 0.4) is 0 Å². The van der Waals surface area contributed by atoms with Gasteiger partial charge in [-0.1, -0.05) is 12.1 Å². The molecule has 0 aliphatic carbocycles. The highest BCUT2D eigenvalue weighted by atomic mass is 35.5. The molecule has 0 fully saturated rings. The van der Waals surface area contributed by atoms with Gasteiger partial charge in [-0.05, 0) is 25.0 Å². The number of hydrogen-bond donors (Lipinski definition) is 2. The molecule has 0 aliphatic heterocycles. The summed E-state index contributed by atoms with van der Waals surface area (Å²) in [5.74, 6) is 0.817. The van der Waals surface area contributed by atoms with Gasteiger partial charge in [-0.2, -0.15) is 0 Å². The van der Waals surface area contributed by atoms with E-state index in [0.29, 0.717) is 11.3 Å². The molecule has 0 aromatic heterocycles. The van der Waals surface area contributed by atoms with Gasteiger partial charge in [-0.3, -0.25) is 0 Å². The van der Waals surface area contributed by atoms with Gasteiger partial charge in [0.25, 0.3) is 0 Å². The number of rotatable bonds is 5. The second-order valence-corrected chi connectivity index (χ2v) is 3.37. The van der Waals surface area contributed by atoms with Crippen molar-refractivity contribution in [2.24, 2.45) is 5.73 Å². The summed E-state index contributed by atoms with van der Waals surface area (Å²) in [5.41, 5.74) is 6.64. The second-order valence-electron chi connectivity index (χ2n) is 3.37. The van der Waals surface area contributed by atoms with Gasteiger partial charge in [0.2, 0.25) is 0 Å². The molecule has 0 amide bonds. The Labute approximate surface area is 102 Å². The van der Waals surface area contributed by atoms with E-state index in [-0.39, 0.29) is 24.2 Å². The third kappa shape index (κ3) is 3.43. The lowest BCUT2D eigenvalue weighted by molar-refractivity contribution is 0.391. The first-order valence-electron chi connectivity index (χ1n) is 4.93. The molecule has 0 radical (unpaired) electrons. The predicted molar refractivity (Wildman–Crippen MR) is 68.3 cm³/mol. The highest BCUT2D eigenvalue weighted by Gasteiger charge is 2.15. The van der Waals surface area contributed by atoms with E-state index in [9.17, 15) is 5.11 Å². The maximum atomic E-state index is 9.71. The lowest BCUT2D eigenvalue weighted by Gasteiger charge is -2.16. The maximum Gasteiger partial charge on any atom is 0.127 e. The molecular weight excluding hydrogens is 226 g/mol. The number of nitrogens with two attached hydrogens (primary N) is 1. The Hall–Kier alpha value is -1.19. The summed E-state index contributed by atoms with van der Waals surface area (Å²) < 4.78 is 5.16. The first-order valence-corrected chi connectivity index (χ1v) is 4.93. The fraction of sp³-hybridized carbons (Fsp3) is 0.333. The fourth-order valence-electron chi connectivity index (χ4n) is 1.52. The molecule has 1 rings (SSSR count). The Kier molecular flexibility index (Phi) is 6.61. The van der Waals surface area contributed by atoms with Crippen molar-refractivity contribution < 1.29 is 9.84 Å². The van der Waals surface area contributed by atoms with Gasteiger partial charge in [-0.15, -0.1) is 19.0 Å². The number of allylic oxidation sites excluding steroid dienone is 1. The topological polar surface area (TPSA) is 55.5 Å². The van der Waals surface area contributed by atoms with Gasteiger partial charge >= 0.3 is 0 Å². The van der Waals surface area contributed by atoms with Crippen molar-refractivity contribution in [3.63, 3.8) is 0 Å². The molecular formula is C12H18ClNO2. The zero-order valence-electron chi connectivity index (χ0n) is 9.35. The van der Waals surface area contributed by atoms with Crippen LogP contribution in [-0.4, -0.2) is 12.2 Å². The molecule has 0 spiro atoms. The van der Waals surface area contributed by atoms with Crippen LogP contribution in [0.25, 0.3) is 0 Å². The summed E-state index contributed by atoms with van der Waals surface area (Å²) >= 11 is 0. The van der Waals surface area contributed by atoms with Crippen LogP contribution < -0.4 is 10.5 Å². The molecule has 0 unspecified atom stereocenters. The van der Waals surface area contributed by atoms with Crippen LogP contribution in [0.2, 0.25) is 0 Å². The van der Waals surface area contributed by atoms with Crippen molar-refractivity contribution >= 4 is 12.4 Å². The van der Waals surface area contributed by atoms with Crippen molar-refractivity contribution in [2.75, 3.05) is 7.11 Å². The summed E-state index contributed by atoms with van der Waals surface area (Å²) in [6.45, 7) is 3.64. The average Bonchev–Trinajstić information content (AvgIpc) is 2.25. The molecule has 1 aromatic carbocycles. The molecule has 0 bridgehead atoms. The standard InChI is InChI=1S/C12H17NO2.ClH/c1-3-4-6-9(13)12-10(14)7-5-8-11(12)15-2;/h3,5,7-9,14H,1,4,6,13H2,2H3;1H/t9-;/m0./s1. The minimum atomic E-state index is -0.223. The Balaban J connectivity index is 0.00000225. The summed E-state index contributed by atoms with van der Waals surface area (Å²) in [6, 6.07) is 4.92. The highest BCUT2D eigenvalue weighted by Crippen LogP contribution is 2.33. The highest BCUT2D eigenvalue weighted by molar-refractivity contribution is 5.85. The molecule has 0 aliphatic rings. The van der Waals surface area contributed by atoms with Crippen LogP contribution in [0.15, 0.2) is 30.9 Å². The van der Waals surface area contributed by atoms with Crippen molar-refractivity contribution in [3.05, 3.63) is 36.4 Å². The smallest absolute Gasteiger partial charge is 0.127 e. The van der Waals surface area contributed by atoms with Crippen LogP contribution >= 0.6 is 12.4 Å². The number of benzene rings is 1. The van der Waals surface area contributed by atoms with Crippen molar-refractivity contribution in [1.29, 1.82) is 0 Å². The minimum absolute atomic E-state index is 0. The van der Waals surface area contributed by atoms with Gasteiger partial charge in [0, 0.05) is 6.04 Å². The zero-order valence-corrected chi connectivity index (χ0v) is 10.2. The number of phenols is 1. The number of hydrogen-bond acceptors (Lipinski definition) is 3. The molecule has 3 nitrogen and oxygen atoms in total.